The van der Waals surface area contributed by atoms with E-state index in [2.05, 4.69) is 0 Å². The summed E-state index contributed by atoms with van der Waals surface area (Å²) in [7, 11) is -3.66. The van der Waals surface area contributed by atoms with E-state index in [9.17, 15) is 9.46 Å². The molecule has 0 aliphatic heterocycles. The second-order valence-corrected chi connectivity index (χ2v) is 5.79. The van der Waals surface area contributed by atoms with Crippen LogP contribution >= 0.6 is 7.37 Å². The van der Waals surface area contributed by atoms with Gasteiger partial charge in [0.2, 0.25) is 0 Å². The van der Waals surface area contributed by atoms with Gasteiger partial charge >= 0.3 is 0 Å². The van der Waals surface area contributed by atoms with Crippen LogP contribution in [0.4, 0.5) is 0 Å². The van der Waals surface area contributed by atoms with Crippen molar-refractivity contribution in [2.24, 2.45) is 0 Å². The molecule has 0 aliphatic carbocycles. The molecule has 5 heteroatoms. The quantitative estimate of drug-likeness (QED) is 0.702. The van der Waals surface area contributed by atoms with E-state index in [1.165, 1.54) is 48.5 Å². The van der Waals surface area contributed by atoms with Crippen molar-refractivity contribution in [3.63, 3.8) is 0 Å². The molecule has 88 valence electrons. The van der Waals surface area contributed by atoms with Crippen molar-refractivity contribution in [3.05, 3.63) is 48.5 Å². The molecule has 0 aromatic heterocycles. The second kappa shape index (κ2) is 4.24. The first kappa shape index (κ1) is 11.7. The zero-order valence-electron chi connectivity index (χ0n) is 8.82. The van der Waals surface area contributed by atoms with Gasteiger partial charge in [0.05, 0.1) is 0 Å². The summed E-state index contributed by atoms with van der Waals surface area (Å²) in [5.74, 6) is 0.0823. The first-order valence-electron chi connectivity index (χ1n) is 4.92. The fraction of sp³-hybridized carbons (Fsp3) is 0. The molecular weight excluding hydrogens is 239 g/mol. The molecule has 2 aromatic rings. The lowest BCUT2D eigenvalue weighted by Crippen LogP contribution is -2.14. The van der Waals surface area contributed by atoms with Crippen molar-refractivity contribution in [3.8, 4) is 11.5 Å². The summed E-state index contributed by atoms with van der Waals surface area (Å²) in [6.07, 6.45) is 0. The predicted octanol–water partition coefficient (Wildman–Crippen LogP) is 1.32. The summed E-state index contributed by atoms with van der Waals surface area (Å²) in [6.45, 7) is 0. The molecule has 0 radical (unpaired) electrons. The summed E-state index contributed by atoms with van der Waals surface area (Å²) in [6, 6.07) is 11.1. The summed E-state index contributed by atoms with van der Waals surface area (Å²) >= 11 is 0. The van der Waals surface area contributed by atoms with Crippen molar-refractivity contribution < 1.29 is 19.7 Å². The van der Waals surface area contributed by atoms with Crippen LogP contribution in [0.5, 0.6) is 11.5 Å². The van der Waals surface area contributed by atoms with E-state index in [1.807, 2.05) is 0 Å². The van der Waals surface area contributed by atoms with Gasteiger partial charge < -0.3 is 15.1 Å². The zero-order chi connectivity index (χ0) is 12.5. The maximum absolute atomic E-state index is 12.2. The lowest BCUT2D eigenvalue weighted by Gasteiger charge is -2.12. The maximum Gasteiger partial charge on any atom is 0.258 e. The Labute approximate surface area is 98.2 Å². The van der Waals surface area contributed by atoms with Crippen molar-refractivity contribution in [2.75, 3.05) is 0 Å². The van der Waals surface area contributed by atoms with Crippen molar-refractivity contribution >= 4 is 18.0 Å². The Hall–Kier alpha value is -1.77. The topological polar surface area (TPSA) is 77.8 Å². The minimum absolute atomic E-state index is 0.0412. The van der Waals surface area contributed by atoms with Crippen LogP contribution in [0, 0.1) is 0 Å². The molecule has 0 saturated carbocycles. The number of hydrogen-bond donors (Lipinski definition) is 3. The molecule has 0 heterocycles. The molecule has 0 fully saturated rings. The minimum Gasteiger partial charge on any atom is -0.508 e. The molecule has 4 nitrogen and oxygen atoms in total. The van der Waals surface area contributed by atoms with Crippen LogP contribution in [0.15, 0.2) is 48.5 Å². The lowest BCUT2D eigenvalue weighted by molar-refractivity contribution is 0.475. The average molecular weight is 250 g/mol. The van der Waals surface area contributed by atoms with Gasteiger partial charge in [-0.15, -0.1) is 0 Å². The van der Waals surface area contributed by atoms with E-state index in [4.69, 9.17) is 10.2 Å². The third-order valence-electron chi connectivity index (χ3n) is 2.40. The number of benzene rings is 2. The molecule has 0 unspecified atom stereocenters. The van der Waals surface area contributed by atoms with E-state index < -0.39 is 7.37 Å². The van der Waals surface area contributed by atoms with E-state index in [-0.39, 0.29) is 22.1 Å². The first-order valence-corrected chi connectivity index (χ1v) is 6.58. The Morgan fingerprint density at radius 2 is 1.00 bits per heavy atom. The van der Waals surface area contributed by atoms with Crippen LogP contribution in [0.25, 0.3) is 0 Å². The van der Waals surface area contributed by atoms with E-state index in [0.29, 0.717) is 0 Å². The number of hydrogen-bond acceptors (Lipinski definition) is 3. The van der Waals surface area contributed by atoms with Gasteiger partial charge in [-0.2, -0.15) is 0 Å². The van der Waals surface area contributed by atoms with Gasteiger partial charge in [0.25, 0.3) is 7.37 Å². The van der Waals surface area contributed by atoms with Crippen molar-refractivity contribution in [1.82, 2.24) is 0 Å². The lowest BCUT2D eigenvalue weighted by atomic mass is 10.3. The van der Waals surface area contributed by atoms with Crippen LogP contribution in [0.1, 0.15) is 0 Å². The Morgan fingerprint density at radius 1 is 0.706 bits per heavy atom. The zero-order valence-corrected chi connectivity index (χ0v) is 9.71. The molecule has 2 rings (SSSR count). The van der Waals surface area contributed by atoms with Gasteiger partial charge in [0.15, 0.2) is 0 Å². The van der Waals surface area contributed by atoms with Crippen LogP contribution in [0.2, 0.25) is 0 Å². The monoisotopic (exact) mass is 250 g/mol. The number of phenolic OH excluding ortho intramolecular Hbond substituents is 2. The molecule has 0 spiro atoms. The van der Waals surface area contributed by atoms with Gasteiger partial charge in [-0.3, -0.25) is 4.57 Å². The molecule has 0 bridgehead atoms. The average Bonchev–Trinajstić information content (AvgIpc) is 2.30. The molecule has 0 amide bonds. The highest BCUT2D eigenvalue weighted by Crippen LogP contribution is 2.38. The fourth-order valence-corrected chi connectivity index (χ4v) is 2.86. The summed E-state index contributed by atoms with van der Waals surface area (Å²) in [5, 5.41) is 18.7. The maximum atomic E-state index is 12.2. The third kappa shape index (κ3) is 2.33. The van der Waals surface area contributed by atoms with Gasteiger partial charge in [-0.25, -0.2) is 0 Å². The van der Waals surface area contributed by atoms with Crippen LogP contribution in [-0.4, -0.2) is 15.1 Å². The molecular formula is C12H11O4P. The molecule has 3 N–H and O–H groups in total. The van der Waals surface area contributed by atoms with Crippen LogP contribution < -0.4 is 10.6 Å². The molecule has 17 heavy (non-hydrogen) atoms. The SMILES string of the molecule is O=P(O)(c1ccc(O)cc1)c1ccc(O)cc1. The third-order valence-corrected chi connectivity index (χ3v) is 4.40. The van der Waals surface area contributed by atoms with E-state index in [0.717, 1.165) is 0 Å². The summed E-state index contributed by atoms with van der Waals surface area (Å²) in [4.78, 5) is 10.0. The van der Waals surface area contributed by atoms with E-state index in [1.54, 1.807) is 0 Å². The van der Waals surface area contributed by atoms with Gasteiger partial charge in [-0.1, -0.05) is 0 Å². The summed E-state index contributed by atoms with van der Waals surface area (Å²) in [5.41, 5.74) is 0. The van der Waals surface area contributed by atoms with Gasteiger partial charge in [-0.05, 0) is 48.5 Å². The standard InChI is InChI=1S/C12H11O4P/c13-9-1-5-11(6-2-9)17(15,16)12-7-3-10(14)4-8-12/h1-8,13-14H,(H,15,16). The second-order valence-electron chi connectivity index (χ2n) is 3.61. The van der Waals surface area contributed by atoms with Crippen molar-refractivity contribution in [2.45, 2.75) is 0 Å². The fourth-order valence-electron chi connectivity index (χ4n) is 1.46. The predicted molar refractivity (Wildman–Crippen MR) is 65.3 cm³/mol. The van der Waals surface area contributed by atoms with Crippen molar-refractivity contribution in [1.29, 1.82) is 0 Å². The Morgan fingerprint density at radius 3 is 1.29 bits per heavy atom. The highest BCUT2D eigenvalue weighted by molar-refractivity contribution is 7.73. The molecule has 0 aliphatic rings. The number of phenols is 2. The minimum atomic E-state index is -3.66. The molecule has 0 saturated heterocycles. The highest BCUT2D eigenvalue weighted by atomic mass is 31.2. The van der Waals surface area contributed by atoms with Crippen LogP contribution in [0.3, 0.4) is 0 Å². The Kier molecular flexibility index (Phi) is 2.92. The Balaban J connectivity index is 2.45. The van der Waals surface area contributed by atoms with Crippen LogP contribution in [-0.2, 0) is 4.57 Å². The Bertz CT molecular complexity index is 511. The summed E-state index contributed by atoms with van der Waals surface area (Å²) < 4.78 is 12.2. The number of rotatable bonds is 2. The first-order chi connectivity index (χ1) is 8.00. The molecule has 0 atom stereocenters. The largest absolute Gasteiger partial charge is 0.508 e. The smallest absolute Gasteiger partial charge is 0.258 e. The van der Waals surface area contributed by atoms with E-state index >= 15 is 0 Å². The molecule has 2 aromatic carbocycles. The normalized spacial score (nSPS) is 11.4. The van der Waals surface area contributed by atoms with Gasteiger partial charge in [0.1, 0.15) is 11.5 Å². The number of aromatic hydroxyl groups is 2. The van der Waals surface area contributed by atoms with Gasteiger partial charge in [0, 0.05) is 10.6 Å². The highest BCUT2D eigenvalue weighted by Gasteiger charge is 2.23.